The van der Waals surface area contributed by atoms with E-state index in [2.05, 4.69) is 15.3 Å². The first-order chi connectivity index (χ1) is 10.1. The molecule has 0 aliphatic rings. The summed E-state index contributed by atoms with van der Waals surface area (Å²) in [5.74, 6) is 3.32. The lowest BCUT2D eigenvalue weighted by Gasteiger charge is -2.10. The molecular formula is C15H20N4O2. The molecule has 1 heterocycles. The Morgan fingerprint density at radius 2 is 1.86 bits per heavy atom. The highest BCUT2D eigenvalue weighted by Gasteiger charge is 2.05. The number of nitrogen functional groups attached to an aromatic ring is 1. The fraction of sp³-hybridized carbons (Fsp3) is 0.333. The van der Waals surface area contributed by atoms with Gasteiger partial charge in [-0.25, -0.2) is 9.97 Å². The second kappa shape index (κ2) is 6.78. The lowest BCUT2D eigenvalue weighted by Crippen LogP contribution is -2.08. The van der Waals surface area contributed by atoms with Crippen LogP contribution in [0.4, 0.5) is 11.6 Å². The second-order valence-corrected chi connectivity index (χ2v) is 4.59. The Bertz CT molecular complexity index is 596. The second-order valence-electron chi connectivity index (χ2n) is 4.59. The maximum atomic E-state index is 5.69. The molecule has 0 fully saturated rings. The Morgan fingerprint density at radius 3 is 2.52 bits per heavy atom. The average Bonchev–Trinajstić information content (AvgIpc) is 2.46. The number of ether oxygens (including phenoxy) is 2. The topological polar surface area (TPSA) is 82.3 Å². The van der Waals surface area contributed by atoms with E-state index in [0.29, 0.717) is 11.6 Å². The van der Waals surface area contributed by atoms with E-state index in [-0.39, 0.29) is 0 Å². The molecule has 2 aromatic rings. The van der Waals surface area contributed by atoms with Crippen LogP contribution in [0.5, 0.6) is 11.5 Å². The minimum Gasteiger partial charge on any atom is -0.493 e. The normalized spacial score (nSPS) is 10.2. The molecule has 0 spiro atoms. The quantitative estimate of drug-likeness (QED) is 0.846. The van der Waals surface area contributed by atoms with Crippen molar-refractivity contribution in [1.29, 1.82) is 0 Å². The third-order valence-corrected chi connectivity index (χ3v) is 3.03. The van der Waals surface area contributed by atoms with Gasteiger partial charge in [-0.2, -0.15) is 0 Å². The van der Waals surface area contributed by atoms with Crippen molar-refractivity contribution in [2.45, 2.75) is 13.3 Å². The van der Waals surface area contributed by atoms with E-state index >= 15 is 0 Å². The average molecular weight is 288 g/mol. The smallest absolute Gasteiger partial charge is 0.160 e. The van der Waals surface area contributed by atoms with Gasteiger partial charge in [0.15, 0.2) is 11.5 Å². The molecule has 0 saturated heterocycles. The van der Waals surface area contributed by atoms with Crippen LogP contribution in [0.2, 0.25) is 0 Å². The molecule has 0 bridgehead atoms. The predicted octanol–water partition coefficient (Wildman–Crippen LogP) is 2.04. The molecule has 0 atom stereocenters. The lowest BCUT2D eigenvalue weighted by atomic mass is 10.1. The van der Waals surface area contributed by atoms with E-state index in [1.165, 1.54) is 0 Å². The van der Waals surface area contributed by atoms with Gasteiger partial charge in [0.25, 0.3) is 0 Å². The fourth-order valence-corrected chi connectivity index (χ4v) is 2.05. The molecule has 3 N–H and O–H groups in total. The Balaban J connectivity index is 1.97. The Labute approximate surface area is 124 Å². The number of rotatable bonds is 6. The number of benzene rings is 1. The number of anilines is 2. The molecular weight excluding hydrogens is 268 g/mol. The van der Waals surface area contributed by atoms with E-state index in [9.17, 15) is 0 Å². The summed E-state index contributed by atoms with van der Waals surface area (Å²) in [4.78, 5) is 8.32. The number of nitrogens with one attached hydrogen (secondary N) is 1. The molecule has 0 radical (unpaired) electrons. The summed E-state index contributed by atoms with van der Waals surface area (Å²) in [7, 11) is 3.26. The lowest BCUT2D eigenvalue weighted by molar-refractivity contribution is 0.354. The molecule has 0 saturated carbocycles. The van der Waals surface area contributed by atoms with Gasteiger partial charge >= 0.3 is 0 Å². The summed E-state index contributed by atoms with van der Waals surface area (Å²) in [5.41, 5.74) is 6.84. The van der Waals surface area contributed by atoms with Crippen LogP contribution in [0.15, 0.2) is 24.3 Å². The largest absolute Gasteiger partial charge is 0.493 e. The molecule has 21 heavy (non-hydrogen) atoms. The molecule has 0 amide bonds. The highest BCUT2D eigenvalue weighted by atomic mass is 16.5. The first-order valence-electron chi connectivity index (χ1n) is 6.68. The van der Waals surface area contributed by atoms with E-state index in [0.717, 1.165) is 35.8 Å². The van der Waals surface area contributed by atoms with Gasteiger partial charge in [0.1, 0.15) is 17.5 Å². The van der Waals surface area contributed by atoms with Crippen LogP contribution in [0.1, 0.15) is 11.4 Å². The van der Waals surface area contributed by atoms with Crippen LogP contribution in [0.25, 0.3) is 0 Å². The maximum absolute atomic E-state index is 5.69. The zero-order valence-electron chi connectivity index (χ0n) is 12.5. The predicted molar refractivity (Wildman–Crippen MR) is 82.9 cm³/mol. The van der Waals surface area contributed by atoms with Crippen molar-refractivity contribution in [1.82, 2.24) is 9.97 Å². The molecule has 1 aromatic carbocycles. The Kier molecular flexibility index (Phi) is 4.81. The number of aromatic nitrogens is 2. The Hall–Kier alpha value is -2.50. The van der Waals surface area contributed by atoms with Gasteiger partial charge in [0.05, 0.1) is 14.2 Å². The van der Waals surface area contributed by atoms with Crippen molar-refractivity contribution in [3.05, 3.63) is 35.7 Å². The monoisotopic (exact) mass is 288 g/mol. The minimum absolute atomic E-state index is 0.469. The van der Waals surface area contributed by atoms with Gasteiger partial charge in [0, 0.05) is 12.6 Å². The van der Waals surface area contributed by atoms with Gasteiger partial charge in [-0.15, -0.1) is 0 Å². The fourth-order valence-electron chi connectivity index (χ4n) is 2.05. The minimum atomic E-state index is 0.469. The van der Waals surface area contributed by atoms with Gasteiger partial charge < -0.3 is 20.5 Å². The number of hydrogen-bond donors (Lipinski definition) is 2. The summed E-state index contributed by atoms with van der Waals surface area (Å²) >= 11 is 0. The molecule has 112 valence electrons. The standard InChI is InChI=1S/C15H20N4O2/c1-10-18-14(16)9-15(19-10)17-7-6-11-4-5-12(20-2)13(8-11)21-3/h4-5,8-9H,6-7H2,1-3H3,(H3,16,17,18,19). The van der Waals surface area contributed by atoms with Crippen LogP contribution in [-0.4, -0.2) is 30.7 Å². The van der Waals surface area contributed by atoms with E-state index < -0.39 is 0 Å². The molecule has 0 aliphatic carbocycles. The molecule has 6 nitrogen and oxygen atoms in total. The number of methoxy groups -OCH3 is 2. The molecule has 0 aliphatic heterocycles. The van der Waals surface area contributed by atoms with Crippen molar-refractivity contribution < 1.29 is 9.47 Å². The van der Waals surface area contributed by atoms with Crippen LogP contribution < -0.4 is 20.5 Å². The zero-order chi connectivity index (χ0) is 15.2. The third kappa shape index (κ3) is 3.98. The van der Waals surface area contributed by atoms with Crippen LogP contribution in [-0.2, 0) is 6.42 Å². The molecule has 2 rings (SSSR count). The first-order valence-corrected chi connectivity index (χ1v) is 6.68. The molecule has 0 unspecified atom stereocenters. The number of hydrogen-bond acceptors (Lipinski definition) is 6. The summed E-state index contributed by atoms with van der Waals surface area (Å²) in [5, 5.41) is 3.24. The number of aryl methyl sites for hydroxylation is 1. The van der Waals surface area contributed by atoms with Crippen molar-refractivity contribution in [2.24, 2.45) is 0 Å². The van der Waals surface area contributed by atoms with Gasteiger partial charge in [-0.3, -0.25) is 0 Å². The summed E-state index contributed by atoms with van der Waals surface area (Å²) < 4.78 is 10.5. The highest BCUT2D eigenvalue weighted by molar-refractivity contribution is 5.45. The first kappa shape index (κ1) is 14.9. The van der Waals surface area contributed by atoms with Crippen molar-refractivity contribution in [2.75, 3.05) is 31.8 Å². The van der Waals surface area contributed by atoms with E-state index in [1.54, 1.807) is 20.3 Å². The van der Waals surface area contributed by atoms with E-state index in [4.69, 9.17) is 15.2 Å². The van der Waals surface area contributed by atoms with Crippen molar-refractivity contribution in [3.8, 4) is 11.5 Å². The SMILES string of the molecule is COc1ccc(CCNc2cc(N)nc(C)n2)cc1OC. The van der Waals surface area contributed by atoms with Crippen molar-refractivity contribution >= 4 is 11.6 Å². The highest BCUT2D eigenvalue weighted by Crippen LogP contribution is 2.27. The number of nitrogens with two attached hydrogens (primary N) is 1. The third-order valence-electron chi connectivity index (χ3n) is 3.03. The molecule has 6 heteroatoms. The van der Waals surface area contributed by atoms with Crippen molar-refractivity contribution in [3.63, 3.8) is 0 Å². The molecule has 1 aromatic heterocycles. The summed E-state index contributed by atoms with van der Waals surface area (Å²) in [6.07, 6.45) is 0.837. The van der Waals surface area contributed by atoms with Gasteiger partial charge in [-0.05, 0) is 31.0 Å². The van der Waals surface area contributed by atoms with Crippen LogP contribution in [0.3, 0.4) is 0 Å². The number of nitrogens with zero attached hydrogens (tertiary/aromatic N) is 2. The summed E-state index contributed by atoms with van der Waals surface area (Å²) in [6.45, 7) is 2.56. The summed E-state index contributed by atoms with van der Waals surface area (Å²) in [6, 6.07) is 7.62. The zero-order valence-corrected chi connectivity index (χ0v) is 12.5. The van der Waals surface area contributed by atoms with Crippen LogP contribution >= 0.6 is 0 Å². The van der Waals surface area contributed by atoms with Crippen LogP contribution in [0, 0.1) is 6.92 Å². The Morgan fingerprint density at radius 1 is 1.10 bits per heavy atom. The van der Waals surface area contributed by atoms with Gasteiger partial charge in [0.2, 0.25) is 0 Å². The van der Waals surface area contributed by atoms with Gasteiger partial charge in [-0.1, -0.05) is 6.07 Å². The van der Waals surface area contributed by atoms with E-state index in [1.807, 2.05) is 25.1 Å². The maximum Gasteiger partial charge on any atom is 0.160 e.